The zero-order valence-corrected chi connectivity index (χ0v) is 10.3. The molecule has 2 atom stereocenters. The molecule has 0 saturated heterocycles. The molecule has 1 aromatic rings. The highest BCUT2D eigenvalue weighted by Crippen LogP contribution is 2.42. The summed E-state index contributed by atoms with van der Waals surface area (Å²) in [6.07, 6.45) is 1.47. The van der Waals surface area contributed by atoms with Gasteiger partial charge in [-0.2, -0.15) is 0 Å². The van der Waals surface area contributed by atoms with Crippen molar-refractivity contribution in [2.24, 2.45) is 9.98 Å². The maximum atomic E-state index is 6.16. The third-order valence-corrected chi connectivity index (χ3v) is 3.52. The first-order chi connectivity index (χ1) is 8.20. The number of aliphatic imine (C=N–C) groups is 2. The Hall–Kier alpha value is -1.55. The third kappa shape index (κ3) is 1.52. The van der Waals surface area contributed by atoms with Crippen molar-refractivity contribution in [3.05, 3.63) is 23.3 Å². The van der Waals surface area contributed by atoms with Crippen molar-refractivity contribution in [2.45, 2.75) is 19.0 Å². The van der Waals surface area contributed by atoms with E-state index in [9.17, 15) is 0 Å². The number of methoxy groups -OCH3 is 1. The molecule has 17 heavy (non-hydrogen) atoms. The lowest BCUT2D eigenvalue weighted by molar-refractivity contribution is 0.412. The largest absolute Gasteiger partial charge is 0.496 e. The van der Waals surface area contributed by atoms with Crippen LogP contribution in [0.1, 0.15) is 17.0 Å². The zero-order valence-electron chi connectivity index (χ0n) is 9.57. The Morgan fingerprint density at radius 1 is 1.41 bits per heavy atom. The van der Waals surface area contributed by atoms with Gasteiger partial charge in [0.1, 0.15) is 23.4 Å². The first-order valence-corrected chi connectivity index (χ1v) is 5.78. The molecule has 0 radical (unpaired) electrons. The highest BCUT2D eigenvalue weighted by molar-refractivity contribution is 6.67. The summed E-state index contributed by atoms with van der Waals surface area (Å²) in [5.41, 5.74) is 3.25. The van der Waals surface area contributed by atoms with Gasteiger partial charge >= 0.3 is 0 Å². The molecular formula is C12H12ClN3O. The van der Waals surface area contributed by atoms with Gasteiger partial charge in [0.2, 0.25) is 0 Å². The molecule has 5 heteroatoms. The van der Waals surface area contributed by atoms with Crippen molar-refractivity contribution in [2.75, 3.05) is 12.4 Å². The van der Waals surface area contributed by atoms with Crippen molar-refractivity contribution in [3.63, 3.8) is 0 Å². The van der Waals surface area contributed by atoms with Crippen LogP contribution in [0, 0.1) is 6.92 Å². The summed E-state index contributed by atoms with van der Waals surface area (Å²) in [5.74, 6) is 0.896. The van der Waals surface area contributed by atoms with Crippen LogP contribution in [0.25, 0.3) is 0 Å². The summed E-state index contributed by atoms with van der Waals surface area (Å²) >= 11 is 6.16. The SMILES string of the molecule is COc1cc2c(cc1C)C1C(Cl)=NC=NC1N2. The third-order valence-electron chi connectivity index (χ3n) is 3.19. The second-order valence-corrected chi connectivity index (χ2v) is 4.58. The van der Waals surface area contributed by atoms with E-state index in [0.29, 0.717) is 5.17 Å². The van der Waals surface area contributed by atoms with Crippen LogP contribution in [0.5, 0.6) is 5.75 Å². The molecule has 3 rings (SSSR count). The van der Waals surface area contributed by atoms with Gasteiger partial charge in [0.15, 0.2) is 0 Å². The van der Waals surface area contributed by atoms with Crippen LogP contribution < -0.4 is 10.1 Å². The zero-order chi connectivity index (χ0) is 12.0. The monoisotopic (exact) mass is 249 g/mol. The normalized spacial score (nSPS) is 24.8. The Morgan fingerprint density at radius 3 is 3.00 bits per heavy atom. The first-order valence-electron chi connectivity index (χ1n) is 5.40. The van der Waals surface area contributed by atoms with Crippen LogP contribution >= 0.6 is 11.6 Å². The van der Waals surface area contributed by atoms with E-state index < -0.39 is 0 Å². The number of anilines is 1. The molecule has 0 bridgehead atoms. The fourth-order valence-electron chi connectivity index (χ4n) is 2.35. The molecule has 88 valence electrons. The predicted octanol–water partition coefficient (Wildman–Crippen LogP) is 2.52. The summed E-state index contributed by atoms with van der Waals surface area (Å²) in [4.78, 5) is 8.36. The van der Waals surface area contributed by atoms with Crippen LogP contribution in [-0.4, -0.2) is 24.8 Å². The number of nitrogens with one attached hydrogen (secondary N) is 1. The van der Waals surface area contributed by atoms with Gasteiger partial charge in [0.05, 0.1) is 13.0 Å². The van der Waals surface area contributed by atoms with E-state index in [4.69, 9.17) is 16.3 Å². The fraction of sp³-hybridized carbons (Fsp3) is 0.333. The lowest BCUT2D eigenvalue weighted by Gasteiger charge is -2.17. The molecule has 2 aliphatic heterocycles. The Kier molecular flexibility index (Phi) is 2.33. The van der Waals surface area contributed by atoms with E-state index in [1.165, 1.54) is 6.34 Å². The lowest BCUT2D eigenvalue weighted by Crippen LogP contribution is -2.25. The number of benzene rings is 1. The Balaban J connectivity index is 2.12. The van der Waals surface area contributed by atoms with Crippen molar-refractivity contribution < 1.29 is 4.74 Å². The lowest BCUT2D eigenvalue weighted by atomic mass is 9.97. The van der Waals surface area contributed by atoms with Gasteiger partial charge < -0.3 is 10.1 Å². The Morgan fingerprint density at radius 2 is 2.24 bits per heavy atom. The first kappa shape index (κ1) is 10.6. The van der Waals surface area contributed by atoms with Gasteiger partial charge in [0.25, 0.3) is 0 Å². The quantitative estimate of drug-likeness (QED) is 0.831. The molecule has 0 fully saturated rings. The molecule has 0 amide bonds. The average Bonchev–Trinajstić information content (AvgIpc) is 2.66. The number of nitrogens with zero attached hydrogens (tertiary/aromatic N) is 2. The fourth-order valence-corrected chi connectivity index (χ4v) is 2.63. The average molecular weight is 250 g/mol. The molecule has 1 N–H and O–H groups in total. The minimum Gasteiger partial charge on any atom is -0.496 e. The van der Waals surface area contributed by atoms with Crippen molar-refractivity contribution in [1.29, 1.82) is 0 Å². The van der Waals surface area contributed by atoms with Gasteiger partial charge in [-0.25, -0.2) is 9.98 Å². The second kappa shape index (κ2) is 3.74. The van der Waals surface area contributed by atoms with E-state index in [-0.39, 0.29) is 12.1 Å². The van der Waals surface area contributed by atoms with Crippen LogP contribution in [0.3, 0.4) is 0 Å². The number of fused-ring (bicyclic) bond motifs is 3. The van der Waals surface area contributed by atoms with Crippen LogP contribution in [0.15, 0.2) is 22.1 Å². The highest BCUT2D eigenvalue weighted by Gasteiger charge is 2.36. The Labute approximate surface area is 104 Å². The topological polar surface area (TPSA) is 46.0 Å². The number of hydrogen-bond donors (Lipinski definition) is 1. The molecule has 2 heterocycles. The van der Waals surface area contributed by atoms with Gasteiger partial charge in [-0.05, 0) is 24.1 Å². The van der Waals surface area contributed by atoms with Crippen LogP contribution in [0.4, 0.5) is 5.69 Å². The van der Waals surface area contributed by atoms with Gasteiger partial charge in [-0.3, -0.25) is 0 Å². The number of hydrogen-bond acceptors (Lipinski definition) is 4. The van der Waals surface area contributed by atoms with E-state index in [1.54, 1.807) is 7.11 Å². The Bertz CT molecular complexity index is 539. The number of ether oxygens (including phenoxy) is 1. The van der Waals surface area contributed by atoms with E-state index in [1.807, 2.05) is 13.0 Å². The highest BCUT2D eigenvalue weighted by atomic mass is 35.5. The van der Waals surface area contributed by atoms with Crippen LogP contribution in [-0.2, 0) is 0 Å². The smallest absolute Gasteiger partial charge is 0.134 e. The molecule has 2 aliphatic rings. The van der Waals surface area contributed by atoms with E-state index >= 15 is 0 Å². The molecule has 0 spiro atoms. The number of aryl methyl sites for hydroxylation is 1. The van der Waals surface area contributed by atoms with E-state index in [2.05, 4.69) is 21.4 Å². The molecule has 0 aliphatic carbocycles. The van der Waals surface area contributed by atoms with Crippen LogP contribution in [0.2, 0.25) is 0 Å². The summed E-state index contributed by atoms with van der Waals surface area (Å²) in [6, 6.07) is 4.08. The molecule has 2 unspecified atom stereocenters. The van der Waals surface area contributed by atoms with Gasteiger partial charge in [-0.1, -0.05) is 11.6 Å². The maximum Gasteiger partial charge on any atom is 0.134 e. The summed E-state index contributed by atoms with van der Waals surface area (Å²) in [6.45, 7) is 2.02. The molecule has 0 saturated carbocycles. The number of halogens is 1. The maximum absolute atomic E-state index is 6.16. The standard InChI is InChI=1S/C12H12ClN3O/c1-6-3-7-8(4-9(6)17-2)16-12-10(7)11(13)14-5-15-12/h3-5,10,12,16H,1-2H3. The van der Waals surface area contributed by atoms with Crippen molar-refractivity contribution >= 4 is 28.8 Å². The molecular weight excluding hydrogens is 238 g/mol. The second-order valence-electron chi connectivity index (χ2n) is 4.19. The number of rotatable bonds is 1. The summed E-state index contributed by atoms with van der Waals surface area (Å²) < 4.78 is 5.31. The molecule has 0 aromatic heterocycles. The van der Waals surface area contributed by atoms with E-state index in [0.717, 1.165) is 22.6 Å². The van der Waals surface area contributed by atoms with Crippen molar-refractivity contribution in [3.8, 4) is 5.75 Å². The molecule has 4 nitrogen and oxygen atoms in total. The minimum atomic E-state index is -0.0403. The molecule has 1 aromatic carbocycles. The summed E-state index contributed by atoms with van der Waals surface area (Å²) in [7, 11) is 1.67. The predicted molar refractivity (Wildman–Crippen MR) is 69.7 cm³/mol. The van der Waals surface area contributed by atoms with Gasteiger partial charge in [0, 0.05) is 11.8 Å². The van der Waals surface area contributed by atoms with Gasteiger partial charge in [-0.15, -0.1) is 0 Å². The van der Waals surface area contributed by atoms with Crippen molar-refractivity contribution in [1.82, 2.24) is 0 Å². The minimum absolute atomic E-state index is 0.0290. The summed E-state index contributed by atoms with van der Waals surface area (Å²) in [5, 5.41) is 3.91.